The van der Waals surface area contributed by atoms with Crippen LogP contribution >= 0.6 is 0 Å². The first kappa shape index (κ1) is 17.3. The molecule has 2 N–H and O–H groups in total. The Kier molecular flexibility index (Phi) is 4.97. The fraction of sp³-hybridized carbons (Fsp3) is 0.688. The normalized spacial score (nSPS) is 29.6. The maximum Gasteiger partial charge on any atom is 0.410 e. The lowest BCUT2D eigenvalue weighted by Crippen LogP contribution is -2.53. The van der Waals surface area contributed by atoms with Crippen molar-refractivity contribution in [2.24, 2.45) is 17.3 Å². The fourth-order valence-corrected chi connectivity index (χ4v) is 3.87. The molecule has 2 aliphatic rings. The Morgan fingerprint density at radius 3 is 2.70 bits per heavy atom. The van der Waals surface area contributed by atoms with Gasteiger partial charge in [0.25, 0.3) is 0 Å². The average molecular weight is 325 g/mol. The average Bonchev–Trinajstić information content (AvgIpc) is 2.70. The predicted molar refractivity (Wildman–Crippen MR) is 80.4 cm³/mol. The molecule has 1 unspecified atom stereocenters. The summed E-state index contributed by atoms with van der Waals surface area (Å²) < 4.78 is 9.62. The van der Waals surface area contributed by atoms with Crippen LogP contribution in [0.2, 0.25) is 0 Å². The lowest BCUT2D eigenvalue weighted by molar-refractivity contribution is -0.162. The van der Waals surface area contributed by atoms with Crippen molar-refractivity contribution in [1.82, 2.24) is 5.32 Å². The summed E-state index contributed by atoms with van der Waals surface area (Å²) in [5, 5.41) is 11.8. The Hall–Kier alpha value is -2.05. The minimum absolute atomic E-state index is 0.0116. The Labute approximate surface area is 135 Å². The molecule has 1 amide bonds. The van der Waals surface area contributed by atoms with Gasteiger partial charge in [-0.2, -0.15) is 0 Å². The van der Waals surface area contributed by atoms with E-state index >= 15 is 0 Å². The molecule has 0 saturated heterocycles. The van der Waals surface area contributed by atoms with E-state index in [9.17, 15) is 19.5 Å². The molecule has 128 valence electrons. The molecule has 4 atom stereocenters. The number of allylic oxidation sites excluding steroid dienone is 2. The first-order valence-corrected chi connectivity index (χ1v) is 7.72. The number of ether oxygens (including phenoxy) is 2. The summed E-state index contributed by atoms with van der Waals surface area (Å²) in [4.78, 5) is 33.8. The zero-order chi connectivity index (χ0) is 17.2. The third kappa shape index (κ3) is 4.03. The number of carbonyl (C=O) groups excluding carboxylic acids is 2. The van der Waals surface area contributed by atoms with Crippen molar-refractivity contribution in [3.63, 3.8) is 0 Å². The van der Waals surface area contributed by atoms with Crippen LogP contribution in [0.5, 0.6) is 0 Å². The van der Waals surface area contributed by atoms with Crippen molar-refractivity contribution in [3.05, 3.63) is 11.6 Å². The SMILES string of the molecule is CC(=O)OC(C)OC(=O)NC[C@]1(CC(=O)O)C[C@@H]2CC(C)=C[C@H]21. The van der Waals surface area contributed by atoms with E-state index in [1.54, 1.807) is 0 Å². The molecule has 7 nitrogen and oxygen atoms in total. The summed E-state index contributed by atoms with van der Waals surface area (Å²) in [5.41, 5.74) is 0.816. The topological polar surface area (TPSA) is 102 Å². The second-order valence-corrected chi connectivity index (χ2v) is 6.58. The number of alkyl carbamates (subject to hydrolysis) is 1. The summed E-state index contributed by atoms with van der Waals surface area (Å²) in [5.74, 6) is -0.747. The van der Waals surface area contributed by atoms with Crippen molar-refractivity contribution in [1.29, 1.82) is 0 Å². The second kappa shape index (κ2) is 6.60. The van der Waals surface area contributed by atoms with Gasteiger partial charge in [-0.15, -0.1) is 0 Å². The number of rotatable bonds is 6. The van der Waals surface area contributed by atoms with Crippen LogP contribution in [0.25, 0.3) is 0 Å². The van der Waals surface area contributed by atoms with E-state index in [1.807, 2.05) is 6.92 Å². The zero-order valence-corrected chi connectivity index (χ0v) is 13.6. The summed E-state index contributed by atoms with van der Waals surface area (Å²) in [7, 11) is 0. The van der Waals surface area contributed by atoms with E-state index in [0.29, 0.717) is 5.92 Å². The van der Waals surface area contributed by atoms with Crippen LogP contribution in [0.3, 0.4) is 0 Å². The highest BCUT2D eigenvalue weighted by Gasteiger charge is 2.55. The van der Waals surface area contributed by atoms with Crippen LogP contribution in [0, 0.1) is 17.3 Å². The second-order valence-electron chi connectivity index (χ2n) is 6.58. The van der Waals surface area contributed by atoms with Crippen LogP contribution in [0.4, 0.5) is 4.79 Å². The summed E-state index contributed by atoms with van der Waals surface area (Å²) in [6.45, 7) is 4.95. The maximum atomic E-state index is 11.8. The summed E-state index contributed by atoms with van der Waals surface area (Å²) in [6.07, 6.45) is 2.22. The van der Waals surface area contributed by atoms with E-state index in [-0.39, 0.29) is 18.9 Å². The molecule has 0 aromatic carbocycles. The largest absolute Gasteiger partial charge is 0.481 e. The minimum atomic E-state index is -0.981. The van der Waals surface area contributed by atoms with Crippen molar-refractivity contribution in [2.75, 3.05) is 6.54 Å². The van der Waals surface area contributed by atoms with Crippen molar-refractivity contribution >= 4 is 18.0 Å². The standard InChI is InChI=1S/C16H23NO6/c1-9-4-12-6-16(7-14(19)20,13(12)5-9)8-17-15(21)23-11(3)22-10(2)18/h5,11-13H,4,6-8H2,1-3H3,(H,17,21)(H,19,20)/t11?,12-,13+,16+/m0/s1. The minimum Gasteiger partial charge on any atom is -0.481 e. The number of esters is 1. The van der Waals surface area contributed by atoms with E-state index in [4.69, 9.17) is 9.47 Å². The number of aliphatic carboxylic acids is 1. The number of fused-ring (bicyclic) bond motifs is 1. The van der Waals surface area contributed by atoms with Gasteiger partial charge < -0.3 is 19.9 Å². The van der Waals surface area contributed by atoms with E-state index in [0.717, 1.165) is 12.8 Å². The fourth-order valence-electron chi connectivity index (χ4n) is 3.87. The lowest BCUT2D eigenvalue weighted by Gasteiger charge is -2.51. The Morgan fingerprint density at radius 2 is 2.13 bits per heavy atom. The van der Waals surface area contributed by atoms with Gasteiger partial charge in [-0.1, -0.05) is 11.6 Å². The molecule has 23 heavy (non-hydrogen) atoms. The van der Waals surface area contributed by atoms with Gasteiger partial charge in [-0.05, 0) is 31.6 Å². The van der Waals surface area contributed by atoms with E-state index in [1.165, 1.54) is 19.4 Å². The Bertz CT molecular complexity index is 543. The molecule has 0 spiro atoms. The summed E-state index contributed by atoms with van der Waals surface area (Å²) in [6, 6.07) is 0. The molecule has 7 heteroatoms. The lowest BCUT2D eigenvalue weighted by atomic mass is 9.53. The molecule has 0 heterocycles. The predicted octanol–water partition coefficient (Wildman–Crippen LogP) is 2.07. The van der Waals surface area contributed by atoms with Crippen molar-refractivity contribution in [3.8, 4) is 0 Å². The van der Waals surface area contributed by atoms with Gasteiger partial charge in [-0.3, -0.25) is 9.59 Å². The number of nitrogens with one attached hydrogen (secondary N) is 1. The molecule has 0 aromatic heterocycles. The smallest absolute Gasteiger partial charge is 0.410 e. The maximum absolute atomic E-state index is 11.8. The number of amides is 1. The van der Waals surface area contributed by atoms with Crippen LogP contribution in [0.1, 0.15) is 40.0 Å². The quantitative estimate of drug-likeness (QED) is 0.440. The van der Waals surface area contributed by atoms with Gasteiger partial charge in [0, 0.05) is 25.8 Å². The van der Waals surface area contributed by atoms with Gasteiger partial charge in [0.2, 0.25) is 6.29 Å². The Morgan fingerprint density at radius 1 is 1.43 bits per heavy atom. The highest BCUT2D eigenvalue weighted by molar-refractivity contribution is 5.70. The van der Waals surface area contributed by atoms with Gasteiger partial charge >= 0.3 is 18.0 Å². The number of carboxylic acids is 1. The van der Waals surface area contributed by atoms with Gasteiger partial charge in [0.15, 0.2) is 0 Å². The van der Waals surface area contributed by atoms with Crippen LogP contribution in [-0.2, 0) is 19.1 Å². The first-order chi connectivity index (χ1) is 10.7. The molecule has 0 aliphatic heterocycles. The monoisotopic (exact) mass is 325 g/mol. The van der Waals surface area contributed by atoms with Gasteiger partial charge in [0.05, 0.1) is 6.42 Å². The van der Waals surface area contributed by atoms with Crippen LogP contribution in [0.15, 0.2) is 11.6 Å². The van der Waals surface area contributed by atoms with Crippen molar-refractivity contribution < 1.29 is 29.0 Å². The molecule has 0 bridgehead atoms. The van der Waals surface area contributed by atoms with Gasteiger partial charge in [-0.25, -0.2) is 4.79 Å². The molecular weight excluding hydrogens is 302 g/mol. The zero-order valence-electron chi connectivity index (χ0n) is 13.6. The van der Waals surface area contributed by atoms with E-state index in [2.05, 4.69) is 11.4 Å². The number of carbonyl (C=O) groups is 3. The summed E-state index contributed by atoms with van der Waals surface area (Å²) >= 11 is 0. The van der Waals surface area contributed by atoms with Crippen LogP contribution in [-0.4, -0.2) is 36.0 Å². The first-order valence-electron chi connectivity index (χ1n) is 7.72. The Balaban J connectivity index is 1.91. The third-order valence-corrected chi connectivity index (χ3v) is 4.62. The van der Waals surface area contributed by atoms with Crippen molar-refractivity contribution in [2.45, 2.75) is 46.3 Å². The highest BCUT2D eigenvalue weighted by Crippen LogP contribution is 2.59. The number of hydrogen-bond acceptors (Lipinski definition) is 5. The molecule has 1 saturated carbocycles. The number of hydrogen-bond donors (Lipinski definition) is 2. The highest BCUT2D eigenvalue weighted by atomic mass is 16.7. The molecular formula is C16H23NO6. The molecule has 2 rings (SSSR count). The molecule has 0 aromatic rings. The molecule has 2 aliphatic carbocycles. The third-order valence-electron chi connectivity index (χ3n) is 4.62. The van der Waals surface area contributed by atoms with E-state index < -0.39 is 29.7 Å². The van der Waals surface area contributed by atoms with Gasteiger partial charge in [0.1, 0.15) is 0 Å². The molecule has 0 radical (unpaired) electrons. The molecule has 1 fully saturated rings. The van der Waals surface area contributed by atoms with Crippen LogP contribution < -0.4 is 5.32 Å². The number of carboxylic acid groups (broad SMARTS) is 1.